The largest absolute Gasteiger partial charge is 0.506 e. The standard InChI is InChI=1S/C14H13N5O/c1-9-3-6-14(20)13(7-9)18-17-12-5-4-11(16-19-15)8-10(12)2/h3-8,20H,1-2H3. The molecule has 0 aromatic heterocycles. The van der Waals surface area contributed by atoms with Crippen molar-refractivity contribution in [3.8, 4) is 5.75 Å². The van der Waals surface area contributed by atoms with E-state index in [-0.39, 0.29) is 5.75 Å². The lowest BCUT2D eigenvalue weighted by atomic mass is 10.2. The molecule has 1 N–H and O–H groups in total. The number of azide groups is 1. The third kappa shape index (κ3) is 3.13. The first-order valence-electron chi connectivity index (χ1n) is 5.97. The van der Waals surface area contributed by atoms with E-state index in [1.807, 2.05) is 13.8 Å². The van der Waals surface area contributed by atoms with Crippen LogP contribution in [0, 0.1) is 13.8 Å². The molecule has 6 heteroatoms. The monoisotopic (exact) mass is 267 g/mol. The fraction of sp³-hybridized carbons (Fsp3) is 0.143. The molecule has 2 rings (SSSR count). The normalized spacial score (nSPS) is 10.5. The molecule has 0 aliphatic heterocycles. The van der Waals surface area contributed by atoms with Gasteiger partial charge in [-0.2, -0.15) is 5.11 Å². The van der Waals surface area contributed by atoms with Gasteiger partial charge in [-0.05, 0) is 54.8 Å². The number of benzene rings is 2. The second-order valence-electron chi connectivity index (χ2n) is 4.35. The second-order valence-corrected chi connectivity index (χ2v) is 4.35. The number of azo groups is 1. The topological polar surface area (TPSA) is 93.7 Å². The zero-order chi connectivity index (χ0) is 14.5. The molecular weight excluding hydrogens is 254 g/mol. The Bertz CT molecular complexity index is 717. The Morgan fingerprint density at radius 2 is 1.75 bits per heavy atom. The van der Waals surface area contributed by atoms with Crippen LogP contribution in [0.1, 0.15) is 11.1 Å². The number of aryl methyl sites for hydroxylation is 2. The van der Waals surface area contributed by atoms with E-state index >= 15 is 0 Å². The number of rotatable bonds is 3. The molecule has 0 amide bonds. The quantitative estimate of drug-likeness (QED) is 0.452. The minimum absolute atomic E-state index is 0.0858. The summed E-state index contributed by atoms with van der Waals surface area (Å²) in [6.45, 7) is 3.76. The van der Waals surface area contributed by atoms with Gasteiger partial charge in [-0.25, -0.2) is 0 Å². The van der Waals surface area contributed by atoms with Crippen LogP contribution in [0.15, 0.2) is 51.7 Å². The molecule has 0 atom stereocenters. The summed E-state index contributed by atoms with van der Waals surface area (Å²) in [5, 5.41) is 21.4. The summed E-state index contributed by atoms with van der Waals surface area (Å²) >= 11 is 0. The second kappa shape index (κ2) is 5.86. The van der Waals surface area contributed by atoms with E-state index in [0.717, 1.165) is 11.1 Å². The third-order valence-electron chi connectivity index (χ3n) is 2.74. The van der Waals surface area contributed by atoms with E-state index in [2.05, 4.69) is 20.3 Å². The Balaban J connectivity index is 2.31. The zero-order valence-electron chi connectivity index (χ0n) is 11.1. The Kier molecular flexibility index (Phi) is 3.98. The number of phenols is 1. The van der Waals surface area contributed by atoms with Crippen LogP contribution in [-0.4, -0.2) is 5.11 Å². The molecule has 100 valence electrons. The van der Waals surface area contributed by atoms with Crippen LogP contribution in [-0.2, 0) is 0 Å². The minimum atomic E-state index is 0.0858. The van der Waals surface area contributed by atoms with Crippen molar-refractivity contribution in [2.45, 2.75) is 13.8 Å². The lowest BCUT2D eigenvalue weighted by molar-refractivity contribution is 0.476. The van der Waals surface area contributed by atoms with Gasteiger partial charge in [0.2, 0.25) is 0 Å². The van der Waals surface area contributed by atoms with Crippen molar-refractivity contribution in [2.24, 2.45) is 15.3 Å². The molecule has 0 fully saturated rings. The summed E-state index contributed by atoms with van der Waals surface area (Å²) in [6, 6.07) is 10.2. The lowest BCUT2D eigenvalue weighted by Crippen LogP contribution is -1.75. The van der Waals surface area contributed by atoms with Crippen LogP contribution in [0.3, 0.4) is 0 Å². The highest BCUT2D eigenvalue weighted by atomic mass is 16.3. The van der Waals surface area contributed by atoms with Crippen LogP contribution < -0.4 is 0 Å². The molecule has 20 heavy (non-hydrogen) atoms. The predicted molar refractivity (Wildman–Crippen MR) is 77.0 cm³/mol. The molecule has 0 saturated carbocycles. The first kappa shape index (κ1) is 13.6. The average Bonchev–Trinajstić information content (AvgIpc) is 2.42. The Hall–Kier alpha value is -2.85. The number of aromatic hydroxyl groups is 1. The van der Waals surface area contributed by atoms with Gasteiger partial charge in [-0.3, -0.25) is 0 Å². The number of nitrogens with zero attached hydrogens (tertiary/aromatic N) is 5. The van der Waals surface area contributed by atoms with E-state index < -0.39 is 0 Å². The van der Waals surface area contributed by atoms with Crippen LogP contribution in [0.4, 0.5) is 17.1 Å². The Morgan fingerprint density at radius 1 is 1.00 bits per heavy atom. The smallest absolute Gasteiger partial charge is 0.143 e. The van der Waals surface area contributed by atoms with Crippen molar-refractivity contribution in [1.82, 2.24) is 0 Å². The van der Waals surface area contributed by atoms with Gasteiger partial charge < -0.3 is 5.11 Å². The summed E-state index contributed by atoms with van der Waals surface area (Å²) in [5.41, 5.74) is 11.8. The molecule has 0 aliphatic rings. The van der Waals surface area contributed by atoms with Crippen molar-refractivity contribution in [3.05, 3.63) is 58.0 Å². The highest BCUT2D eigenvalue weighted by molar-refractivity contribution is 5.55. The predicted octanol–water partition coefficient (Wildman–Crippen LogP) is 5.37. The fourth-order valence-electron chi connectivity index (χ4n) is 1.69. The lowest BCUT2D eigenvalue weighted by Gasteiger charge is -2.01. The summed E-state index contributed by atoms with van der Waals surface area (Å²) in [6.07, 6.45) is 0. The van der Waals surface area contributed by atoms with Crippen LogP contribution in [0.25, 0.3) is 10.4 Å². The van der Waals surface area contributed by atoms with Gasteiger partial charge in [0.15, 0.2) is 0 Å². The maximum atomic E-state index is 9.69. The molecule has 2 aromatic carbocycles. The van der Waals surface area contributed by atoms with E-state index in [0.29, 0.717) is 17.1 Å². The third-order valence-corrected chi connectivity index (χ3v) is 2.74. The molecule has 6 nitrogen and oxygen atoms in total. The molecule has 0 aliphatic carbocycles. The van der Waals surface area contributed by atoms with Gasteiger partial charge in [-0.1, -0.05) is 17.2 Å². The molecular formula is C14H13N5O. The Morgan fingerprint density at radius 3 is 2.45 bits per heavy atom. The SMILES string of the molecule is Cc1ccc(O)c(N=Nc2ccc(N=[N+]=[N-])cc2C)c1. The molecule has 0 heterocycles. The van der Waals surface area contributed by atoms with E-state index in [4.69, 9.17) is 5.53 Å². The van der Waals surface area contributed by atoms with Gasteiger partial charge in [0, 0.05) is 10.6 Å². The van der Waals surface area contributed by atoms with Crippen LogP contribution in [0.2, 0.25) is 0 Å². The highest BCUT2D eigenvalue weighted by Gasteiger charge is 2.01. The number of hydrogen-bond acceptors (Lipinski definition) is 4. The van der Waals surface area contributed by atoms with Crippen molar-refractivity contribution < 1.29 is 5.11 Å². The fourth-order valence-corrected chi connectivity index (χ4v) is 1.69. The average molecular weight is 267 g/mol. The number of hydrogen-bond donors (Lipinski definition) is 1. The van der Waals surface area contributed by atoms with Gasteiger partial charge in [0.25, 0.3) is 0 Å². The molecule has 0 saturated heterocycles. The van der Waals surface area contributed by atoms with Crippen LogP contribution in [0.5, 0.6) is 5.75 Å². The van der Waals surface area contributed by atoms with Crippen molar-refractivity contribution in [2.75, 3.05) is 0 Å². The first-order valence-corrected chi connectivity index (χ1v) is 5.97. The van der Waals surface area contributed by atoms with Gasteiger partial charge in [0.1, 0.15) is 11.4 Å². The summed E-state index contributed by atoms with van der Waals surface area (Å²) in [5.74, 6) is 0.0858. The Labute approximate surface area is 116 Å². The maximum absolute atomic E-state index is 9.69. The van der Waals surface area contributed by atoms with Crippen molar-refractivity contribution in [3.63, 3.8) is 0 Å². The maximum Gasteiger partial charge on any atom is 0.143 e. The molecule has 0 spiro atoms. The van der Waals surface area contributed by atoms with Crippen molar-refractivity contribution in [1.29, 1.82) is 0 Å². The van der Waals surface area contributed by atoms with Gasteiger partial charge in [-0.15, -0.1) is 5.11 Å². The van der Waals surface area contributed by atoms with E-state index in [1.165, 1.54) is 0 Å². The summed E-state index contributed by atoms with van der Waals surface area (Å²) < 4.78 is 0. The highest BCUT2D eigenvalue weighted by Crippen LogP contribution is 2.30. The zero-order valence-corrected chi connectivity index (χ0v) is 11.1. The molecule has 2 aromatic rings. The minimum Gasteiger partial charge on any atom is -0.506 e. The molecule has 0 unspecified atom stereocenters. The molecule has 0 radical (unpaired) electrons. The van der Waals surface area contributed by atoms with E-state index in [1.54, 1.807) is 36.4 Å². The van der Waals surface area contributed by atoms with E-state index in [9.17, 15) is 5.11 Å². The van der Waals surface area contributed by atoms with Crippen molar-refractivity contribution >= 4 is 17.1 Å². The first-order chi connectivity index (χ1) is 9.60. The summed E-state index contributed by atoms with van der Waals surface area (Å²) in [4.78, 5) is 2.73. The molecule has 0 bridgehead atoms. The summed E-state index contributed by atoms with van der Waals surface area (Å²) in [7, 11) is 0. The number of phenolic OH excluding ortho intramolecular Hbond substituents is 1. The van der Waals surface area contributed by atoms with Crippen LogP contribution >= 0.6 is 0 Å². The van der Waals surface area contributed by atoms with Gasteiger partial charge in [0.05, 0.1) is 5.69 Å². The van der Waals surface area contributed by atoms with Gasteiger partial charge >= 0.3 is 0 Å².